The fourth-order valence-corrected chi connectivity index (χ4v) is 8.18. The molecule has 0 radical (unpaired) electrons. The second kappa shape index (κ2) is 13.1. The zero-order valence-corrected chi connectivity index (χ0v) is 27.6. The Kier molecular flexibility index (Phi) is 8.34. The number of methoxy groups -OCH3 is 1. The molecular formula is C40H44N4O4. The first kappa shape index (κ1) is 30.6. The molecule has 0 aromatic heterocycles. The number of piperidine rings is 1. The molecule has 2 fully saturated rings. The third-order valence-corrected chi connectivity index (χ3v) is 11.0. The van der Waals surface area contributed by atoms with Crippen molar-refractivity contribution in [2.45, 2.75) is 31.2 Å². The number of fused-ring (bicyclic) bond motifs is 2. The maximum atomic E-state index is 11.9. The number of nitrogens with zero attached hydrogens (tertiary/aromatic N) is 3. The number of piperazine rings is 1. The summed E-state index contributed by atoms with van der Waals surface area (Å²) < 4.78 is 11.6. The van der Waals surface area contributed by atoms with E-state index in [-0.39, 0.29) is 23.5 Å². The number of carbonyl (C=O) groups is 1. The molecular weight excluding hydrogens is 600 g/mol. The molecule has 2 unspecified atom stereocenters. The zero-order valence-electron chi connectivity index (χ0n) is 27.6. The average Bonchev–Trinajstić information content (AvgIpc) is 3.51. The Morgan fingerprint density at radius 3 is 2.27 bits per heavy atom. The molecule has 2 atom stereocenters. The van der Waals surface area contributed by atoms with Gasteiger partial charge in [-0.2, -0.15) is 0 Å². The number of nitrogens with one attached hydrogen (secondary N) is 1. The maximum absolute atomic E-state index is 11.9. The van der Waals surface area contributed by atoms with Crippen LogP contribution >= 0.6 is 0 Å². The molecule has 0 saturated carbocycles. The van der Waals surface area contributed by atoms with Crippen LogP contribution in [0.4, 0.5) is 11.4 Å². The Balaban J connectivity index is 0.884. The maximum Gasteiger partial charge on any atom is 0.251 e. The summed E-state index contributed by atoms with van der Waals surface area (Å²) in [6, 6.07) is 29.3. The first-order valence-corrected chi connectivity index (χ1v) is 17.4. The Labute approximate surface area is 282 Å². The molecule has 2 saturated heterocycles. The minimum atomic E-state index is 0.0482. The first-order valence-electron chi connectivity index (χ1n) is 17.4. The number of carbonyl (C=O) groups excluding carboxylic acids is 1. The lowest BCUT2D eigenvalue weighted by Crippen LogP contribution is -2.49. The highest BCUT2D eigenvalue weighted by Crippen LogP contribution is 2.47. The van der Waals surface area contributed by atoms with Crippen molar-refractivity contribution >= 4 is 17.3 Å². The number of phenolic OH excluding ortho intramolecular Hbond substituents is 1. The fourth-order valence-electron chi connectivity index (χ4n) is 8.18. The van der Waals surface area contributed by atoms with Crippen molar-refractivity contribution in [2.75, 3.05) is 69.3 Å². The van der Waals surface area contributed by atoms with E-state index < -0.39 is 0 Å². The van der Waals surface area contributed by atoms with Crippen molar-refractivity contribution in [3.8, 4) is 17.2 Å². The van der Waals surface area contributed by atoms with Crippen LogP contribution in [0.3, 0.4) is 0 Å². The number of anilines is 2. The lowest BCUT2D eigenvalue weighted by atomic mass is 9.76. The van der Waals surface area contributed by atoms with Crippen LogP contribution in [0.1, 0.15) is 57.3 Å². The lowest BCUT2D eigenvalue weighted by Gasteiger charge is -2.40. The summed E-state index contributed by atoms with van der Waals surface area (Å²) in [5.74, 6) is 2.87. The van der Waals surface area contributed by atoms with Crippen molar-refractivity contribution in [2.24, 2.45) is 5.92 Å². The standard InChI is InChI=1S/C40H44N4O4/c1-47-34-10-4-28(5-11-34)37-26-48-38-23-33(45)9-13-36(38)39(37)29-2-6-31(7-3-29)43-16-14-27(15-17-43)25-42-18-20-44(21-19-42)32-8-12-35-30(22-32)24-41-40(35)46/h2-13,22-23,27,37,39,45H,14-21,24-26H2,1H3,(H,41,46). The van der Waals surface area contributed by atoms with Gasteiger partial charge in [-0.3, -0.25) is 9.69 Å². The van der Waals surface area contributed by atoms with E-state index in [4.69, 9.17) is 9.47 Å². The van der Waals surface area contributed by atoms with Gasteiger partial charge in [-0.25, -0.2) is 0 Å². The van der Waals surface area contributed by atoms with Gasteiger partial charge >= 0.3 is 0 Å². The van der Waals surface area contributed by atoms with E-state index >= 15 is 0 Å². The summed E-state index contributed by atoms with van der Waals surface area (Å²) in [4.78, 5) is 19.6. The van der Waals surface area contributed by atoms with Crippen LogP contribution in [-0.2, 0) is 6.54 Å². The van der Waals surface area contributed by atoms with Crippen molar-refractivity contribution in [3.63, 3.8) is 0 Å². The van der Waals surface area contributed by atoms with Gasteiger partial charge in [-0.1, -0.05) is 30.3 Å². The van der Waals surface area contributed by atoms with Crippen LogP contribution in [0.5, 0.6) is 17.2 Å². The zero-order chi connectivity index (χ0) is 32.6. The molecule has 4 aliphatic rings. The minimum Gasteiger partial charge on any atom is -0.508 e. The topological polar surface area (TPSA) is 77.5 Å². The Hall–Kier alpha value is -4.69. The Morgan fingerprint density at radius 1 is 0.812 bits per heavy atom. The largest absolute Gasteiger partial charge is 0.508 e. The van der Waals surface area contributed by atoms with Crippen LogP contribution in [0.15, 0.2) is 84.9 Å². The summed E-state index contributed by atoms with van der Waals surface area (Å²) in [5, 5.41) is 13.1. The summed E-state index contributed by atoms with van der Waals surface area (Å²) in [6.07, 6.45) is 2.42. The molecule has 248 valence electrons. The van der Waals surface area contributed by atoms with Gasteiger partial charge in [-0.15, -0.1) is 0 Å². The van der Waals surface area contributed by atoms with Crippen LogP contribution in [-0.4, -0.2) is 75.4 Å². The molecule has 1 amide bonds. The van der Waals surface area contributed by atoms with Gasteiger partial charge in [0.25, 0.3) is 5.91 Å². The van der Waals surface area contributed by atoms with E-state index in [9.17, 15) is 9.90 Å². The molecule has 0 bridgehead atoms. The highest BCUT2D eigenvalue weighted by Gasteiger charge is 2.34. The van der Waals surface area contributed by atoms with Crippen LogP contribution < -0.4 is 24.6 Å². The first-order chi connectivity index (χ1) is 23.5. The van der Waals surface area contributed by atoms with E-state index in [1.807, 2.05) is 24.3 Å². The van der Waals surface area contributed by atoms with Crippen LogP contribution in [0.2, 0.25) is 0 Å². The van der Waals surface area contributed by atoms with Gasteiger partial charge < -0.3 is 29.7 Å². The second-order valence-electron chi connectivity index (χ2n) is 13.7. The molecule has 48 heavy (non-hydrogen) atoms. The van der Waals surface area contributed by atoms with Gasteiger partial charge in [0.1, 0.15) is 17.2 Å². The summed E-state index contributed by atoms with van der Waals surface area (Å²) in [7, 11) is 1.69. The third kappa shape index (κ3) is 6.05. The predicted molar refractivity (Wildman–Crippen MR) is 189 cm³/mol. The monoisotopic (exact) mass is 644 g/mol. The smallest absolute Gasteiger partial charge is 0.251 e. The number of ether oxygens (including phenoxy) is 2. The molecule has 8 nitrogen and oxygen atoms in total. The third-order valence-electron chi connectivity index (χ3n) is 11.0. The molecule has 0 aliphatic carbocycles. The van der Waals surface area contributed by atoms with E-state index in [0.717, 1.165) is 73.4 Å². The normalized spacial score (nSPS) is 21.3. The van der Waals surface area contributed by atoms with Crippen LogP contribution in [0, 0.1) is 5.92 Å². The highest BCUT2D eigenvalue weighted by molar-refractivity contribution is 5.98. The van der Waals surface area contributed by atoms with Crippen molar-refractivity contribution in [3.05, 3.63) is 113 Å². The summed E-state index contributed by atoms with van der Waals surface area (Å²) in [5.41, 5.74) is 8.05. The molecule has 4 aromatic rings. The number of phenols is 1. The number of rotatable bonds is 7. The Morgan fingerprint density at radius 2 is 1.52 bits per heavy atom. The van der Waals surface area contributed by atoms with Gasteiger partial charge in [0.15, 0.2) is 0 Å². The van der Waals surface area contributed by atoms with E-state index in [2.05, 4.69) is 68.5 Å². The molecule has 8 heteroatoms. The summed E-state index contributed by atoms with van der Waals surface area (Å²) in [6.45, 7) is 8.77. The molecule has 4 aromatic carbocycles. The number of hydrogen-bond acceptors (Lipinski definition) is 7. The number of benzene rings is 4. The molecule has 4 heterocycles. The lowest BCUT2D eigenvalue weighted by molar-refractivity contribution is 0.0965. The van der Waals surface area contributed by atoms with Gasteiger partial charge in [0.2, 0.25) is 0 Å². The summed E-state index contributed by atoms with van der Waals surface area (Å²) >= 11 is 0. The van der Waals surface area contributed by atoms with Gasteiger partial charge in [-0.05, 0) is 84.0 Å². The van der Waals surface area contributed by atoms with E-state index in [1.54, 1.807) is 19.2 Å². The molecule has 4 aliphatic heterocycles. The van der Waals surface area contributed by atoms with Gasteiger partial charge in [0.05, 0.1) is 13.7 Å². The van der Waals surface area contributed by atoms with Crippen molar-refractivity contribution in [1.29, 1.82) is 0 Å². The number of hydrogen-bond donors (Lipinski definition) is 2. The number of amides is 1. The molecule has 2 N–H and O–H groups in total. The van der Waals surface area contributed by atoms with E-state index in [1.165, 1.54) is 41.9 Å². The number of aromatic hydroxyl groups is 1. The minimum absolute atomic E-state index is 0.0482. The van der Waals surface area contributed by atoms with Gasteiger partial charge in [0, 0.05) is 92.8 Å². The predicted octanol–water partition coefficient (Wildman–Crippen LogP) is 5.99. The highest BCUT2D eigenvalue weighted by atomic mass is 16.5. The molecule has 8 rings (SSSR count). The average molecular weight is 645 g/mol. The van der Waals surface area contributed by atoms with E-state index in [0.29, 0.717) is 13.2 Å². The SMILES string of the molecule is COc1ccc(C2COc3cc(O)ccc3C2c2ccc(N3CCC(CN4CCN(c5ccc6c(c5)CNC6=O)CC4)CC3)cc2)cc1. The van der Waals surface area contributed by atoms with Crippen LogP contribution in [0.25, 0.3) is 0 Å². The van der Waals surface area contributed by atoms with Crippen molar-refractivity contribution in [1.82, 2.24) is 10.2 Å². The quantitative estimate of drug-likeness (QED) is 0.256. The molecule has 0 spiro atoms. The van der Waals surface area contributed by atoms with Crippen molar-refractivity contribution < 1.29 is 19.4 Å². The Bertz CT molecular complexity index is 1760. The fraction of sp³-hybridized carbons (Fsp3) is 0.375. The second-order valence-corrected chi connectivity index (χ2v) is 13.7.